The van der Waals surface area contributed by atoms with Crippen LogP contribution in [-0.4, -0.2) is 30.1 Å². The molecule has 0 N–H and O–H groups in total. The van der Waals surface area contributed by atoms with E-state index in [4.69, 9.17) is 0 Å². The Morgan fingerprint density at radius 3 is 2.32 bits per heavy atom. The zero-order valence-corrected chi connectivity index (χ0v) is 13.1. The molecular formula is C19H22FN2. The summed E-state index contributed by atoms with van der Waals surface area (Å²) in [5.41, 5.74) is 2.38. The lowest BCUT2D eigenvalue weighted by atomic mass is 9.94. The summed E-state index contributed by atoms with van der Waals surface area (Å²) in [5.74, 6) is -0.189. The third-order valence-corrected chi connectivity index (χ3v) is 4.36. The van der Waals surface area contributed by atoms with Crippen molar-refractivity contribution in [2.45, 2.75) is 32.0 Å². The minimum absolute atomic E-state index is 0.148. The Labute approximate surface area is 132 Å². The van der Waals surface area contributed by atoms with Crippen LogP contribution in [0, 0.1) is 5.82 Å². The van der Waals surface area contributed by atoms with Gasteiger partial charge >= 0.3 is 0 Å². The van der Waals surface area contributed by atoms with Gasteiger partial charge in [-0.2, -0.15) is 0 Å². The number of benzene rings is 2. The van der Waals surface area contributed by atoms with Crippen LogP contribution in [0.1, 0.15) is 31.0 Å². The molecule has 22 heavy (non-hydrogen) atoms. The summed E-state index contributed by atoms with van der Waals surface area (Å²) in [6.45, 7) is 6.16. The van der Waals surface area contributed by atoms with E-state index in [9.17, 15) is 4.39 Å². The van der Waals surface area contributed by atoms with Gasteiger partial charge in [0.05, 0.1) is 6.04 Å². The van der Waals surface area contributed by atoms with Crippen molar-refractivity contribution in [1.29, 1.82) is 0 Å². The first kappa shape index (κ1) is 15.2. The molecule has 3 atom stereocenters. The van der Waals surface area contributed by atoms with Gasteiger partial charge in [-0.3, -0.25) is 4.90 Å². The lowest BCUT2D eigenvalue weighted by Crippen LogP contribution is -2.52. The Bertz CT molecular complexity index is 597. The topological polar surface area (TPSA) is 17.3 Å². The Morgan fingerprint density at radius 1 is 1.00 bits per heavy atom. The monoisotopic (exact) mass is 297 g/mol. The highest BCUT2D eigenvalue weighted by molar-refractivity contribution is 5.32. The fourth-order valence-corrected chi connectivity index (χ4v) is 3.20. The van der Waals surface area contributed by atoms with Crippen molar-refractivity contribution in [3.05, 3.63) is 71.5 Å². The molecule has 2 nitrogen and oxygen atoms in total. The molecule has 1 heterocycles. The molecule has 1 saturated heterocycles. The van der Waals surface area contributed by atoms with Gasteiger partial charge in [-0.25, -0.2) is 9.71 Å². The summed E-state index contributed by atoms with van der Waals surface area (Å²) in [4.78, 5) is 2.49. The van der Waals surface area contributed by atoms with E-state index in [2.05, 4.69) is 48.3 Å². The Morgan fingerprint density at radius 2 is 1.64 bits per heavy atom. The van der Waals surface area contributed by atoms with E-state index in [1.807, 2.05) is 18.2 Å². The molecule has 0 aliphatic carbocycles. The maximum Gasteiger partial charge on any atom is 0.123 e. The summed E-state index contributed by atoms with van der Waals surface area (Å²) < 4.78 is 13.3. The van der Waals surface area contributed by atoms with Gasteiger partial charge in [0.15, 0.2) is 0 Å². The maximum absolute atomic E-state index is 13.3. The van der Waals surface area contributed by atoms with E-state index >= 15 is 0 Å². The lowest BCUT2D eigenvalue weighted by molar-refractivity contribution is 0.111. The molecule has 1 aliphatic heterocycles. The molecule has 3 rings (SSSR count). The first-order valence-corrected chi connectivity index (χ1v) is 7.88. The van der Waals surface area contributed by atoms with Crippen LogP contribution >= 0.6 is 0 Å². The van der Waals surface area contributed by atoms with Crippen molar-refractivity contribution >= 4 is 0 Å². The van der Waals surface area contributed by atoms with Crippen molar-refractivity contribution < 1.29 is 4.39 Å². The second kappa shape index (κ2) is 6.59. The molecule has 3 unspecified atom stereocenters. The SMILES string of the molecule is CC1CN(C(c2ccccc2)c2ccc(F)cc2)C(C)C[N]1. The van der Waals surface area contributed by atoms with Crippen molar-refractivity contribution in [1.82, 2.24) is 10.2 Å². The third kappa shape index (κ3) is 3.21. The summed E-state index contributed by atoms with van der Waals surface area (Å²) in [5, 5.41) is 4.64. The molecule has 2 aromatic carbocycles. The molecule has 3 heteroatoms. The van der Waals surface area contributed by atoms with Crippen LogP contribution in [0.25, 0.3) is 0 Å². The van der Waals surface area contributed by atoms with Gasteiger partial charge in [-0.15, -0.1) is 0 Å². The van der Waals surface area contributed by atoms with E-state index in [1.165, 1.54) is 5.56 Å². The number of hydrogen-bond acceptors (Lipinski definition) is 1. The fraction of sp³-hybridized carbons (Fsp3) is 0.368. The van der Waals surface area contributed by atoms with Crippen molar-refractivity contribution in [3.63, 3.8) is 0 Å². The number of nitrogens with zero attached hydrogens (tertiary/aromatic N) is 2. The van der Waals surface area contributed by atoms with Crippen molar-refractivity contribution in [2.24, 2.45) is 0 Å². The second-order valence-electron chi connectivity index (χ2n) is 6.12. The van der Waals surface area contributed by atoms with E-state index in [0.29, 0.717) is 12.1 Å². The van der Waals surface area contributed by atoms with Crippen LogP contribution in [0.4, 0.5) is 4.39 Å². The van der Waals surface area contributed by atoms with Gasteiger partial charge in [-0.05, 0) is 37.1 Å². The molecule has 0 bridgehead atoms. The number of halogens is 1. The van der Waals surface area contributed by atoms with Crippen molar-refractivity contribution in [3.8, 4) is 0 Å². The van der Waals surface area contributed by atoms with Gasteiger partial charge in [0.1, 0.15) is 5.82 Å². The largest absolute Gasteiger partial charge is 0.287 e. The summed E-state index contributed by atoms with van der Waals surface area (Å²) in [7, 11) is 0. The van der Waals surface area contributed by atoms with E-state index in [-0.39, 0.29) is 11.9 Å². The van der Waals surface area contributed by atoms with Crippen LogP contribution < -0.4 is 5.32 Å². The number of rotatable bonds is 3. The van der Waals surface area contributed by atoms with Gasteiger partial charge in [0.25, 0.3) is 0 Å². The summed E-state index contributed by atoms with van der Waals surface area (Å²) >= 11 is 0. The maximum atomic E-state index is 13.3. The molecule has 1 fully saturated rings. The summed E-state index contributed by atoms with van der Waals surface area (Å²) in [6, 6.07) is 18.2. The predicted molar refractivity (Wildman–Crippen MR) is 87.3 cm³/mol. The van der Waals surface area contributed by atoms with Crippen molar-refractivity contribution in [2.75, 3.05) is 13.1 Å². The zero-order valence-electron chi connectivity index (χ0n) is 13.1. The quantitative estimate of drug-likeness (QED) is 0.846. The molecule has 0 aromatic heterocycles. The average molecular weight is 297 g/mol. The standard InChI is InChI=1S/C19H22FN2/c1-14-13-22(15(2)12-21-14)19(16-6-4-3-5-7-16)17-8-10-18(20)11-9-17/h3-11,14-15,19H,12-13H2,1-2H3. The highest BCUT2D eigenvalue weighted by Gasteiger charge is 2.31. The average Bonchev–Trinajstić information content (AvgIpc) is 2.54. The highest BCUT2D eigenvalue weighted by atomic mass is 19.1. The molecule has 1 aliphatic rings. The van der Waals surface area contributed by atoms with E-state index in [1.54, 1.807) is 12.1 Å². The van der Waals surface area contributed by atoms with E-state index in [0.717, 1.165) is 18.7 Å². The Kier molecular flexibility index (Phi) is 4.55. The first-order valence-electron chi connectivity index (χ1n) is 7.88. The van der Waals surface area contributed by atoms with Crippen LogP contribution in [0.3, 0.4) is 0 Å². The molecule has 115 valence electrons. The first-order chi connectivity index (χ1) is 10.6. The van der Waals surface area contributed by atoms with Gasteiger partial charge < -0.3 is 0 Å². The number of hydrogen-bond donors (Lipinski definition) is 0. The smallest absolute Gasteiger partial charge is 0.123 e. The highest BCUT2D eigenvalue weighted by Crippen LogP contribution is 2.31. The van der Waals surface area contributed by atoms with Gasteiger partial charge in [0, 0.05) is 25.2 Å². The fourth-order valence-electron chi connectivity index (χ4n) is 3.20. The van der Waals surface area contributed by atoms with E-state index < -0.39 is 0 Å². The molecule has 2 aromatic rings. The molecule has 0 amide bonds. The Balaban J connectivity index is 2.01. The summed E-state index contributed by atoms with van der Waals surface area (Å²) in [6.07, 6.45) is 0. The molecule has 0 spiro atoms. The molecule has 0 saturated carbocycles. The van der Waals surface area contributed by atoms with Gasteiger partial charge in [-0.1, -0.05) is 42.5 Å². The minimum atomic E-state index is -0.189. The predicted octanol–water partition coefficient (Wildman–Crippen LogP) is 3.61. The number of piperazine rings is 1. The Hall–Kier alpha value is -1.71. The van der Waals surface area contributed by atoms with Crippen LogP contribution in [0.5, 0.6) is 0 Å². The normalized spacial score (nSPS) is 24.1. The second-order valence-corrected chi connectivity index (χ2v) is 6.12. The van der Waals surface area contributed by atoms with Crippen LogP contribution in [0.2, 0.25) is 0 Å². The van der Waals surface area contributed by atoms with Crippen LogP contribution in [-0.2, 0) is 0 Å². The van der Waals surface area contributed by atoms with Crippen LogP contribution in [0.15, 0.2) is 54.6 Å². The third-order valence-electron chi connectivity index (χ3n) is 4.36. The lowest BCUT2D eigenvalue weighted by Gasteiger charge is -2.42. The molecule has 1 radical (unpaired) electrons. The zero-order chi connectivity index (χ0) is 15.5. The minimum Gasteiger partial charge on any atom is -0.287 e. The van der Waals surface area contributed by atoms with Gasteiger partial charge in [0.2, 0.25) is 0 Å². The molecular weight excluding hydrogens is 275 g/mol.